The Bertz CT molecular complexity index is 1330. The number of carbonyl (C=O) groups is 1. The van der Waals surface area contributed by atoms with Crippen molar-refractivity contribution in [3.63, 3.8) is 0 Å². The number of likely N-dealkylation sites (tertiary alicyclic amines) is 2. The van der Waals surface area contributed by atoms with E-state index in [2.05, 4.69) is 48.3 Å². The largest absolute Gasteiger partial charge is 0.360 e. The Morgan fingerprint density at radius 2 is 1.94 bits per heavy atom. The summed E-state index contributed by atoms with van der Waals surface area (Å²) in [5.41, 5.74) is 5.36. The highest BCUT2D eigenvalue weighted by molar-refractivity contribution is 6.06. The molecule has 3 aliphatic rings. The van der Waals surface area contributed by atoms with Crippen molar-refractivity contribution in [1.82, 2.24) is 30.3 Å². The van der Waals surface area contributed by atoms with E-state index in [-0.39, 0.29) is 5.91 Å². The third-order valence-corrected chi connectivity index (χ3v) is 7.67. The Morgan fingerprint density at radius 1 is 1.08 bits per heavy atom. The lowest BCUT2D eigenvalue weighted by Crippen LogP contribution is -2.39. The first kappa shape index (κ1) is 22.9. The zero-order valence-corrected chi connectivity index (χ0v) is 20.8. The van der Waals surface area contributed by atoms with Gasteiger partial charge in [0.25, 0.3) is 5.91 Å². The molecule has 2 N–H and O–H groups in total. The van der Waals surface area contributed by atoms with Gasteiger partial charge in [0.2, 0.25) is 0 Å². The van der Waals surface area contributed by atoms with Crippen LogP contribution in [0.1, 0.15) is 55.1 Å². The van der Waals surface area contributed by atoms with Gasteiger partial charge in [-0.25, -0.2) is 4.99 Å². The van der Waals surface area contributed by atoms with Crippen LogP contribution >= 0.6 is 0 Å². The predicted octanol–water partition coefficient (Wildman–Crippen LogP) is 4.33. The lowest BCUT2D eigenvalue weighted by atomic mass is 9.98. The molecule has 0 saturated carbocycles. The Labute approximate surface area is 211 Å². The maximum absolute atomic E-state index is 13.2. The van der Waals surface area contributed by atoms with Gasteiger partial charge in [-0.1, -0.05) is 13.0 Å². The molecule has 0 atom stereocenters. The quantitative estimate of drug-likeness (QED) is 0.564. The van der Waals surface area contributed by atoms with Crippen LogP contribution in [0.4, 0.5) is 0 Å². The number of aromatic nitrogens is 3. The van der Waals surface area contributed by atoms with Gasteiger partial charge in [0, 0.05) is 61.3 Å². The number of piperidine rings is 1. The molecule has 0 bridgehead atoms. The smallest absolute Gasteiger partial charge is 0.276 e. The number of allylic oxidation sites excluding steroid dienone is 1. The molecule has 0 radical (unpaired) electrons. The summed E-state index contributed by atoms with van der Waals surface area (Å²) in [5, 5.41) is 11.2. The van der Waals surface area contributed by atoms with E-state index in [1.807, 2.05) is 36.8 Å². The summed E-state index contributed by atoms with van der Waals surface area (Å²) in [6, 6.07) is 8.25. The zero-order chi connectivity index (χ0) is 24.5. The second-order valence-electron chi connectivity index (χ2n) is 10.4. The summed E-state index contributed by atoms with van der Waals surface area (Å²) in [7, 11) is 0. The number of H-pyrrole nitrogens is 1. The van der Waals surface area contributed by atoms with Crippen molar-refractivity contribution in [2.75, 3.05) is 26.2 Å². The second-order valence-corrected chi connectivity index (χ2v) is 10.4. The molecule has 186 valence electrons. The number of hydrogen-bond donors (Lipinski definition) is 2. The summed E-state index contributed by atoms with van der Waals surface area (Å²) < 4.78 is 0. The van der Waals surface area contributed by atoms with Crippen LogP contribution < -0.4 is 5.32 Å². The van der Waals surface area contributed by atoms with Gasteiger partial charge in [0.05, 0.1) is 5.52 Å². The fourth-order valence-corrected chi connectivity index (χ4v) is 5.23. The van der Waals surface area contributed by atoms with E-state index >= 15 is 0 Å². The number of benzene rings is 1. The molecule has 1 amide bonds. The van der Waals surface area contributed by atoms with Gasteiger partial charge in [-0.15, -0.1) is 0 Å². The number of rotatable bonds is 5. The first-order chi connectivity index (χ1) is 17.6. The van der Waals surface area contributed by atoms with Crippen LogP contribution in [-0.4, -0.2) is 62.9 Å². The van der Waals surface area contributed by atoms with Crippen molar-refractivity contribution in [2.24, 2.45) is 10.9 Å². The summed E-state index contributed by atoms with van der Waals surface area (Å²) in [4.78, 5) is 27.1. The standard InChI is InChI=1S/C28H33N7O/c1-19-7-11-35(12-8-19)26-6-4-23(17-30-26)31-28(36)27-24-14-21(3-5-25(24)32-33-27)22-13-20(15-29-16-22)18-34-9-2-10-34/h3,5,13-17,19H,2,4,6-12,18H2,1H3,(H,31,36)(H,32,33). The molecule has 0 aliphatic carbocycles. The molecule has 0 unspecified atom stereocenters. The highest BCUT2D eigenvalue weighted by Gasteiger charge is 2.22. The number of nitrogens with one attached hydrogen (secondary N) is 2. The molecule has 2 saturated heterocycles. The molecule has 5 heterocycles. The fourth-order valence-electron chi connectivity index (χ4n) is 5.23. The molecule has 1 aromatic carbocycles. The van der Waals surface area contributed by atoms with Crippen molar-refractivity contribution in [1.29, 1.82) is 0 Å². The van der Waals surface area contributed by atoms with Gasteiger partial charge in [-0.05, 0) is 74.0 Å². The number of amides is 1. The Kier molecular flexibility index (Phi) is 6.27. The normalized spacial score (nSPS) is 19.1. The Balaban J connectivity index is 1.18. The number of aliphatic imine (C=N–C) groups is 1. The number of amidine groups is 1. The van der Waals surface area contributed by atoms with Gasteiger partial charge in [0.15, 0.2) is 5.69 Å². The third-order valence-electron chi connectivity index (χ3n) is 7.67. The minimum absolute atomic E-state index is 0.209. The average molecular weight is 484 g/mol. The number of fused-ring (bicyclic) bond motifs is 1. The van der Waals surface area contributed by atoms with E-state index in [1.165, 1.54) is 24.8 Å². The second kappa shape index (κ2) is 9.85. The molecule has 8 nitrogen and oxygen atoms in total. The molecule has 6 rings (SSSR count). The van der Waals surface area contributed by atoms with E-state index in [0.717, 1.165) is 85.0 Å². The highest BCUT2D eigenvalue weighted by atomic mass is 16.2. The first-order valence-electron chi connectivity index (χ1n) is 13.1. The van der Waals surface area contributed by atoms with Gasteiger partial charge >= 0.3 is 0 Å². The molecule has 36 heavy (non-hydrogen) atoms. The minimum Gasteiger partial charge on any atom is -0.360 e. The van der Waals surface area contributed by atoms with E-state index in [0.29, 0.717) is 5.69 Å². The van der Waals surface area contributed by atoms with Crippen LogP contribution in [0.2, 0.25) is 0 Å². The van der Waals surface area contributed by atoms with E-state index < -0.39 is 0 Å². The molecular formula is C28H33N7O. The molecule has 0 spiro atoms. The van der Waals surface area contributed by atoms with Crippen LogP contribution in [0.3, 0.4) is 0 Å². The summed E-state index contributed by atoms with van der Waals surface area (Å²) >= 11 is 0. The van der Waals surface area contributed by atoms with Crippen LogP contribution in [0.5, 0.6) is 0 Å². The van der Waals surface area contributed by atoms with Gasteiger partial charge in [0.1, 0.15) is 5.84 Å². The maximum atomic E-state index is 13.2. The van der Waals surface area contributed by atoms with Gasteiger partial charge < -0.3 is 10.2 Å². The monoisotopic (exact) mass is 483 g/mol. The van der Waals surface area contributed by atoms with Gasteiger partial charge in [-0.2, -0.15) is 5.10 Å². The van der Waals surface area contributed by atoms with Crippen molar-refractivity contribution < 1.29 is 4.79 Å². The van der Waals surface area contributed by atoms with Crippen LogP contribution in [0.15, 0.2) is 53.5 Å². The number of aromatic amines is 1. The number of nitrogens with zero attached hydrogens (tertiary/aromatic N) is 5. The average Bonchev–Trinajstić information content (AvgIpc) is 3.31. The number of hydrogen-bond acceptors (Lipinski definition) is 6. The maximum Gasteiger partial charge on any atom is 0.276 e. The summed E-state index contributed by atoms with van der Waals surface area (Å²) in [6.45, 7) is 7.71. The minimum atomic E-state index is -0.209. The molecule has 3 aliphatic heterocycles. The number of pyridine rings is 1. The summed E-state index contributed by atoms with van der Waals surface area (Å²) in [5.74, 6) is 1.73. The number of carbonyl (C=O) groups excluding carboxylic acids is 1. The van der Waals surface area contributed by atoms with Crippen molar-refractivity contribution >= 4 is 22.6 Å². The third kappa shape index (κ3) is 4.78. The van der Waals surface area contributed by atoms with Gasteiger partial charge in [-0.3, -0.25) is 19.8 Å². The molecule has 8 heteroatoms. The van der Waals surface area contributed by atoms with E-state index in [1.54, 1.807) is 0 Å². The molecule has 2 fully saturated rings. The SMILES string of the molecule is CC1CCN(C2=NC=C(NC(=O)c3n[nH]c4ccc(-c5cncc(CN6CCC6)c5)cc34)CC2)CC1. The fraction of sp³-hybridized carbons (Fsp3) is 0.429. The van der Waals surface area contributed by atoms with Crippen molar-refractivity contribution in [3.8, 4) is 11.1 Å². The Hall–Kier alpha value is -3.52. The van der Waals surface area contributed by atoms with Crippen LogP contribution in [0.25, 0.3) is 22.0 Å². The predicted molar refractivity (Wildman–Crippen MR) is 141 cm³/mol. The molecular weight excluding hydrogens is 450 g/mol. The Morgan fingerprint density at radius 3 is 2.69 bits per heavy atom. The van der Waals surface area contributed by atoms with E-state index in [4.69, 9.17) is 0 Å². The summed E-state index contributed by atoms with van der Waals surface area (Å²) in [6.07, 6.45) is 11.0. The van der Waals surface area contributed by atoms with Crippen molar-refractivity contribution in [2.45, 2.75) is 45.6 Å². The highest BCUT2D eigenvalue weighted by Crippen LogP contribution is 2.27. The topological polar surface area (TPSA) is 89.5 Å². The first-order valence-corrected chi connectivity index (χ1v) is 13.1. The van der Waals surface area contributed by atoms with Crippen LogP contribution in [0, 0.1) is 5.92 Å². The lowest BCUT2D eigenvalue weighted by Gasteiger charge is -2.33. The molecule has 3 aromatic rings. The zero-order valence-electron chi connectivity index (χ0n) is 20.8. The molecule has 2 aromatic heterocycles. The lowest BCUT2D eigenvalue weighted by molar-refractivity contribution is 0.0961. The van der Waals surface area contributed by atoms with E-state index in [9.17, 15) is 4.79 Å². The van der Waals surface area contributed by atoms with Crippen LogP contribution in [-0.2, 0) is 6.54 Å². The van der Waals surface area contributed by atoms with Crippen molar-refractivity contribution in [3.05, 3.63) is 59.8 Å².